The molecular formula is C24H30N2O2S. The van der Waals surface area contributed by atoms with Crippen LogP contribution >= 0.6 is 12.6 Å². The van der Waals surface area contributed by atoms with Crippen molar-refractivity contribution in [3.05, 3.63) is 52.6 Å². The van der Waals surface area contributed by atoms with E-state index in [0.717, 1.165) is 39.5 Å². The molecule has 5 heteroatoms. The van der Waals surface area contributed by atoms with E-state index in [4.69, 9.17) is 9.73 Å². The lowest BCUT2D eigenvalue weighted by molar-refractivity contribution is -0.120. The van der Waals surface area contributed by atoms with Gasteiger partial charge in [-0.3, -0.25) is 9.79 Å². The molecule has 0 unspecified atom stereocenters. The van der Waals surface area contributed by atoms with Gasteiger partial charge in [0.1, 0.15) is 5.75 Å². The summed E-state index contributed by atoms with van der Waals surface area (Å²) in [5, 5.41) is 3.21. The molecule has 4 nitrogen and oxygen atoms in total. The molecule has 0 atom stereocenters. The number of anilines is 1. The van der Waals surface area contributed by atoms with Crippen LogP contribution in [0.2, 0.25) is 0 Å². The van der Waals surface area contributed by atoms with Gasteiger partial charge in [-0.2, -0.15) is 0 Å². The van der Waals surface area contributed by atoms with Gasteiger partial charge in [-0.25, -0.2) is 0 Å². The molecule has 0 fully saturated rings. The molecule has 0 radical (unpaired) electrons. The summed E-state index contributed by atoms with van der Waals surface area (Å²) in [6, 6.07) is 9.89. The number of aliphatic imine (C=N–C) groups is 1. The summed E-state index contributed by atoms with van der Waals surface area (Å²) in [6.45, 7) is 13.8. The zero-order valence-electron chi connectivity index (χ0n) is 18.0. The topological polar surface area (TPSA) is 50.7 Å². The quantitative estimate of drug-likeness (QED) is 0.317. The molecule has 2 aromatic rings. The molecular weight excluding hydrogens is 380 g/mol. The summed E-state index contributed by atoms with van der Waals surface area (Å²) >= 11 is 4.65. The number of thiol groups is 1. The summed E-state index contributed by atoms with van der Waals surface area (Å²) in [7, 11) is 0. The largest absolute Gasteiger partial charge is 0.428 e. The highest BCUT2D eigenvalue weighted by molar-refractivity contribution is 7.80. The maximum atomic E-state index is 10.9. The van der Waals surface area contributed by atoms with Crippen LogP contribution in [0.4, 0.5) is 11.4 Å². The Morgan fingerprint density at radius 2 is 1.97 bits per heavy atom. The van der Waals surface area contributed by atoms with E-state index < -0.39 is 0 Å². The van der Waals surface area contributed by atoms with Gasteiger partial charge >= 0.3 is 0 Å². The summed E-state index contributed by atoms with van der Waals surface area (Å²) in [4.78, 5) is 16.5. The van der Waals surface area contributed by atoms with Crippen molar-refractivity contribution in [2.75, 3.05) is 11.9 Å². The van der Waals surface area contributed by atoms with Gasteiger partial charge < -0.3 is 10.1 Å². The lowest BCUT2D eigenvalue weighted by atomic mass is 9.85. The number of nitrogens with one attached hydrogen (secondary N) is 1. The maximum Gasteiger partial charge on any atom is 0.298 e. The van der Waals surface area contributed by atoms with Crippen molar-refractivity contribution in [3.63, 3.8) is 0 Å². The van der Waals surface area contributed by atoms with Crippen molar-refractivity contribution in [3.8, 4) is 5.75 Å². The molecule has 2 aromatic carbocycles. The molecule has 0 saturated carbocycles. The Morgan fingerprint density at radius 1 is 1.24 bits per heavy atom. The fraction of sp³-hybridized carbons (Fsp3) is 0.333. The van der Waals surface area contributed by atoms with Crippen molar-refractivity contribution >= 4 is 42.8 Å². The van der Waals surface area contributed by atoms with Crippen LogP contribution in [0.25, 0.3) is 6.08 Å². The summed E-state index contributed by atoms with van der Waals surface area (Å²) in [5.74, 6) is 0.506. The van der Waals surface area contributed by atoms with E-state index in [0.29, 0.717) is 12.2 Å². The van der Waals surface area contributed by atoms with E-state index in [1.165, 1.54) is 5.56 Å². The van der Waals surface area contributed by atoms with Crippen LogP contribution in [0.15, 0.2) is 45.8 Å². The molecule has 29 heavy (non-hydrogen) atoms. The van der Waals surface area contributed by atoms with Gasteiger partial charge in [0.05, 0.1) is 5.69 Å². The normalized spacial score (nSPS) is 12.3. The first-order valence-electron chi connectivity index (χ1n) is 9.70. The second-order valence-corrected chi connectivity index (χ2v) is 8.56. The monoisotopic (exact) mass is 410 g/mol. The minimum absolute atomic E-state index is 0.0408. The third kappa shape index (κ3) is 6.23. The number of hydrogen-bond donors (Lipinski definition) is 2. The highest BCUT2D eigenvalue weighted by Gasteiger charge is 2.19. The lowest BCUT2D eigenvalue weighted by Crippen LogP contribution is -2.12. The standard InChI is InChI=1S/C24H30N2O2S/c1-7-25-19-9-8-18(21(13-19)28-15-27)10-17(3)14-26-23-20(24(4,5)6)11-16(2)12-22(23)29/h8-15,25,29H,7H2,1-6H3/b17-10+,26-14?. The van der Waals surface area contributed by atoms with Gasteiger partial charge in [-0.1, -0.05) is 26.8 Å². The first-order valence-corrected chi connectivity index (χ1v) is 10.1. The molecule has 0 aliphatic carbocycles. The number of hydrogen-bond acceptors (Lipinski definition) is 5. The third-order valence-corrected chi connectivity index (χ3v) is 4.73. The number of aryl methyl sites for hydroxylation is 1. The predicted octanol–water partition coefficient (Wildman–Crippen LogP) is 6.35. The van der Waals surface area contributed by atoms with E-state index in [1.54, 1.807) is 0 Å². The zero-order chi connectivity index (χ0) is 21.6. The van der Waals surface area contributed by atoms with Crippen LogP contribution in [0.1, 0.15) is 51.3 Å². The Morgan fingerprint density at radius 3 is 2.59 bits per heavy atom. The third-order valence-electron chi connectivity index (χ3n) is 4.39. The Bertz CT molecular complexity index is 941. The van der Waals surface area contributed by atoms with Gasteiger partial charge in [-0.05, 0) is 67.2 Å². The smallest absolute Gasteiger partial charge is 0.298 e. The van der Waals surface area contributed by atoms with Gasteiger partial charge in [0.15, 0.2) is 0 Å². The van der Waals surface area contributed by atoms with Crippen LogP contribution in [0.3, 0.4) is 0 Å². The molecule has 0 heterocycles. The molecule has 0 saturated heterocycles. The number of ether oxygens (including phenoxy) is 1. The zero-order valence-corrected chi connectivity index (χ0v) is 18.9. The van der Waals surface area contributed by atoms with E-state index in [-0.39, 0.29) is 5.41 Å². The Kier molecular flexibility index (Phi) is 7.68. The summed E-state index contributed by atoms with van der Waals surface area (Å²) in [6.07, 6.45) is 3.77. The lowest BCUT2D eigenvalue weighted by Gasteiger charge is -2.23. The van der Waals surface area contributed by atoms with Crippen LogP contribution in [-0.4, -0.2) is 19.2 Å². The van der Waals surface area contributed by atoms with E-state index >= 15 is 0 Å². The first kappa shape index (κ1) is 22.8. The van der Waals surface area contributed by atoms with E-state index in [9.17, 15) is 4.79 Å². The molecule has 0 aromatic heterocycles. The average Bonchev–Trinajstić information content (AvgIpc) is 2.62. The van der Waals surface area contributed by atoms with Crippen molar-refractivity contribution in [1.29, 1.82) is 0 Å². The van der Waals surface area contributed by atoms with Crippen molar-refractivity contribution < 1.29 is 9.53 Å². The number of nitrogens with zero attached hydrogens (tertiary/aromatic N) is 1. The van der Waals surface area contributed by atoms with Crippen LogP contribution < -0.4 is 10.1 Å². The molecule has 2 rings (SSSR count). The molecule has 0 aliphatic heterocycles. The molecule has 0 spiro atoms. The molecule has 0 amide bonds. The van der Waals surface area contributed by atoms with Gasteiger partial charge in [0, 0.05) is 35.0 Å². The van der Waals surface area contributed by atoms with Crippen LogP contribution in [0, 0.1) is 6.92 Å². The van der Waals surface area contributed by atoms with Gasteiger partial charge in [0.2, 0.25) is 0 Å². The van der Waals surface area contributed by atoms with E-state index in [2.05, 4.69) is 51.7 Å². The number of carbonyl (C=O) groups excluding carboxylic acids is 1. The second kappa shape index (κ2) is 9.79. The minimum atomic E-state index is -0.0408. The van der Waals surface area contributed by atoms with Crippen molar-refractivity contribution in [2.24, 2.45) is 4.99 Å². The first-order chi connectivity index (χ1) is 13.7. The minimum Gasteiger partial charge on any atom is -0.428 e. The van der Waals surface area contributed by atoms with Crippen LogP contribution in [0.5, 0.6) is 5.75 Å². The fourth-order valence-electron chi connectivity index (χ4n) is 3.04. The molecule has 0 bridgehead atoms. The Hall–Kier alpha value is -2.53. The number of carbonyl (C=O) groups is 1. The predicted molar refractivity (Wildman–Crippen MR) is 126 cm³/mol. The number of rotatable bonds is 7. The van der Waals surface area contributed by atoms with Crippen molar-refractivity contribution in [1.82, 2.24) is 0 Å². The number of allylic oxidation sites excluding steroid dienone is 1. The summed E-state index contributed by atoms with van der Waals surface area (Å²) in [5.41, 5.74) is 5.82. The Labute approximate surface area is 179 Å². The maximum absolute atomic E-state index is 10.9. The van der Waals surface area contributed by atoms with E-state index in [1.807, 2.05) is 50.4 Å². The molecule has 0 aliphatic rings. The van der Waals surface area contributed by atoms with Gasteiger partial charge in [-0.15, -0.1) is 12.6 Å². The van der Waals surface area contributed by atoms with Crippen molar-refractivity contribution in [2.45, 2.75) is 51.9 Å². The van der Waals surface area contributed by atoms with Crippen LogP contribution in [-0.2, 0) is 10.2 Å². The molecule has 1 N–H and O–H groups in total. The Balaban J connectivity index is 2.40. The fourth-order valence-corrected chi connectivity index (χ4v) is 3.42. The van der Waals surface area contributed by atoms with Gasteiger partial charge in [0.25, 0.3) is 6.47 Å². The highest BCUT2D eigenvalue weighted by Crippen LogP contribution is 2.37. The molecule has 154 valence electrons. The second-order valence-electron chi connectivity index (χ2n) is 8.07. The summed E-state index contributed by atoms with van der Waals surface area (Å²) < 4.78 is 5.16. The average molecular weight is 411 g/mol. The SMILES string of the molecule is CCNc1ccc(/C=C(\C)C=Nc2c(S)cc(C)cc2C(C)(C)C)c(OC=O)c1. The number of benzene rings is 2. The highest BCUT2D eigenvalue weighted by atomic mass is 32.1.